The molecule has 20 heavy (non-hydrogen) atoms. The van der Waals surface area contributed by atoms with Crippen LogP contribution in [0.4, 0.5) is 0 Å². The zero-order valence-corrected chi connectivity index (χ0v) is 11.1. The summed E-state index contributed by atoms with van der Waals surface area (Å²) in [5.41, 5.74) is 1.21. The largest absolute Gasteiger partial charge is 0.396 e. The molecule has 2 aromatic carbocycles. The molecule has 3 rings (SSSR count). The molecule has 0 amide bonds. The highest BCUT2D eigenvalue weighted by molar-refractivity contribution is 5.85. The monoisotopic (exact) mass is 268 g/mol. The third-order valence-corrected chi connectivity index (χ3v) is 3.36. The minimum absolute atomic E-state index is 0.146. The number of rotatable bonds is 5. The molecule has 5 nitrogen and oxygen atoms in total. The summed E-state index contributed by atoms with van der Waals surface area (Å²) in [4.78, 5) is 0. The predicted molar refractivity (Wildman–Crippen MR) is 76.3 cm³/mol. The number of fused-ring (bicyclic) bond motifs is 1. The Morgan fingerprint density at radius 1 is 1.05 bits per heavy atom. The van der Waals surface area contributed by atoms with Crippen molar-refractivity contribution >= 4 is 10.8 Å². The maximum absolute atomic E-state index is 8.91. The third-order valence-electron chi connectivity index (χ3n) is 3.36. The van der Waals surface area contributed by atoms with Crippen molar-refractivity contribution in [3.05, 3.63) is 53.9 Å². The number of hydrogen-bond acceptors (Lipinski definition) is 4. The van der Waals surface area contributed by atoms with Crippen LogP contribution in [0.5, 0.6) is 0 Å². The van der Waals surface area contributed by atoms with E-state index in [0.29, 0.717) is 19.4 Å². The Balaban J connectivity index is 1.92. The molecule has 0 aliphatic carbocycles. The Morgan fingerprint density at radius 2 is 1.90 bits per heavy atom. The van der Waals surface area contributed by atoms with Crippen molar-refractivity contribution in [2.24, 2.45) is 0 Å². The molecule has 0 radical (unpaired) electrons. The molecule has 0 aliphatic rings. The van der Waals surface area contributed by atoms with Gasteiger partial charge in [0.15, 0.2) is 5.82 Å². The summed E-state index contributed by atoms with van der Waals surface area (Å²) in [6.45, 7) is 0.789. The van der Waals surface area contributed by atoms with E-state index in [0.717, 1.165) is 5.82 Å². The van der Waals surface area contributed by atoms with E-state index in [4.69, 9.17) is 5.11 Å². The van der Waals surface area contributed by atoms with Gasteiger partial charge < -0.3 is 5.11 Å². The number of hydrogen-bond donors (Lipinski definition) is 1. The average molecular weight is 268 g/mol. The highest BCUT2D eigenvalue weighted by Crippen LogP contribution is 2.20. The van der Waals surface area contributed by atoms with Gasteiger partial charge in [-0.1, -0.05) is 42.5 Å². The van der Waals surface area contributed by atoms with Crippen molar-refractivity contribution in [3.63, 3.8) is 0 Å². The van der Waals surface area contributed by atoms with Gasteiger partial charge in [0.25, 0.3) is 0 Å². The Hall–Kier alpha value is -2.27. The zero-order valence-electron chi connectivity index (χ0n) is 11.1. The van der Waals surface area contributed by atoms with E-state index in [-0.39, 0.29) is 6.61 Å². The Bertz CT molecular complexity index is 702. The first-order chi connectivity index (χ1) is 9.88. The first-order valence-corrected chi connectivity index (χ1v) is 6.71. The average Bonchev–Trinajstić information content (AvgIpc) is 2.93. The summed E-state index contributed by atoms with van der Waals surface area (Å²) in [5, 5.41) is 23.2. The van der Waals surface area contributed by atoms with E-state index in [1.165, 1.54) is 16.3 Å². The van der Waals surface area contributed by atoms with Crippen LogP contribution >= 0.6 is 0 Å². The van der Waals surface area contributed by atoms with Crippen LogP contribution in [0.15, 0.2) is 42.5 Å². The molecule has 0 spiro atoms. The van der Waals surface area contributed by atoms with Gasteiger partial charge >= 0.3 is 0 Å². The van der Waals surface area contributed by atoms with Crippen LogP contribution in [-0.2, 0) is 13.0 Å². The van der Waals surface area contributed by atoms with E-state index < -0.39 is 0 Å². The van der Waals surface area contributed by atoms with Crippen molar-refractivity contribution in [2.45, 2.75) is 19.4 Å². The first-order valence-electron chi connectivity index (χ1n) is 6.71. The van der Waals surface area contributed by atoms with Crippen LogP contribution in [0.1, 0.15) is 17.8 Å². The quantitative estimate of drug-likeness (QED) is 0.766. The number of tetrazole rings is 1. The van der Waals surface area contributed by atoms with Gasteiger partial charge in [0.2, 0.25) is 0 Å². The molecule has 1 aromatic heterocycles. The zero-order chi connectivity index (χ0) is 13.8. The van der Waals surface area contributed by atoms with Gasteiger partial charge in [-0.05, 0) is 33.2 Å². The molecule has 5 heteroatoms. The summed E-state index contributed by atoms with van der Waals surface area (Å²) >= 11 is 0. The molecule has 0 fully saturated rings. The molecular weight excluding hydrogens is 252 g/mol. The topological polar surface area (TPSA) is 63.8 Å². The van der Waals surface area contributed by atoms with Crippen LogP contribution in [0.25, 0.3) is 10.8 Å². The van der Waals surface area contributed by atoms with Crippen LogP contribution in [0, 0.1) is 0 Å². The van der Waals surface area contributed by atoms with Crippen LogP contribution < -0.4 is 0 Å². The number of aromatic nitrogens is 4. The molecule has 0 saturated carbocycles. The molecule has 0 unspecified atom stereocenters. The van der Waals surface area contributed by atoms with E-state index >= 15 is 0 Å². The van der Waals surface area contributed by atoms with Crippen LogP contribution in [0.2, 0.25) is 0 Å². The normalized spacial score (nSPS) is 11.1. The highest BCUT2D eigenvalue weighted by Gasteiger charge is 2.08. The minimum Gasteiger partial charge on any atom is -0.396 e. The van der Waals surface area contributed by atoms with Gasteiger partial charge in [-0.2, -0.15) is 0 Å². The lowest BCUT2D eigenvalue weighted by molar-refractivity contribution is 0.275. The molecule has 102 valence electrons. The Kier molecular flexibility index (Phi) is 3.69. The molecule has 3 aromatic rings. The molecule has 1 N–H and O–H groups in total. The fraction of sp³-hybridized carbons (Fsp3) is 0.267. The lowest BCUT2D eigenvalue weighted by Gasteiger charge is -2.07. The summed E-state index contributed by atoms with van der Waals surface area (Å²) in [5.74, 6) is 0.829. The molecule has 0 aliphatic heterocycles. The highest BCUT2D eigenvalue weighted by atomic mass is 16.3. The third kappa shape index (κ3) is 2.53. The predicted octanol–water partition coefficient (Wildman–Crippen LogP) is 1.80. The number of aliphatic hydroxyl groups excluding tert-OH is 1. The lowest BCUT2D eigenvalue weighted by atomic mass is 10.0. The van der Waals surface area contributed by atoms with Gasteiger partial charge in [0, 0.05) is 19.6 Å². The molecule has 0 atom stereocenters. The SMILES string of the molecule is OCCCn1nnnc1Cc1cccc2ccccc12. The fourth-order valence-corrected chi connectivity index (χ4v) is 2.36. The number of aliphatic hydroxyl groups is 1. The standard InChI is InChI=1S/C15H16N4O/c20-10-4-9-19-15(16-17-18-19)11-13-7-3-6-12-5-1-2-8-14(12)13/h1-3,5-8,20H,4,9-11H2. The second-order valence-corrected chi connectivity index (χ2v) is 4.71. The number of aryl methyl sites for hydroxylation is 1. The number of nitrogens with zero attached hydrogens (tertiary/aromatic N) is 4. The second-order valence-electron chi connectivity index (χ2n) is 4.71. The smallest absolute Gasteiger partial charge is 0.155 e. The van der Waals surface area contributed by atoms with Gasteiger partial charge in [-0.15, -0.1) is 5.10 Å². The number of benzene rings is 2. The maximum atomic E-state index is 8.91. The second kappa shape index (κ2) is 5.79. The van der Waals surface area contributed by atoms with Crippen molar-refractivity contribution < 1.29 is 5.11 Å². The van der Waals surface area contributed by atoms with E-state index in [9.17, 15) is 0 Å². The minimum atomic E-state index is 0.146. The van der Waals surface area contributed by atoms with Crippen molar-refractivity contribution in [1.29, 1.82) is 0 Å². The summed E-state index contributed by atoms with van der Waals surface area (Å²) < 4.78 is 1.76. The van der Waals surface area contributed by atoms with Crippen molar-refractivity contribution in [1.82, 2.24) is 20.2 Å². The van der Waals surface area contributed by atoms with Crippen molar-refractivity contribution in [2.75, 3.05) is 6.61 Å². The van der Waals surface area contributed by atoms with Crippen LogP contribution in [0.3, 0.4) is 0 Å². The lowest BCUT2D eigenvalue weighted by Crippen LogP contribution is -2.08. The maximum Gasteiger partial charge on any atom is 0.155 e. The summed E-state index contributed by atoms with van der Waals surface area (Å²) in [7, 11) is 0. The Morgan fingerprint density at radius 3 is 2.80 bits per heavy atom. The van der Waals surface area contributed by atoms with Gasteiger partial charge in [-0.3, -0.25) is 0 Å². The van der Waals surface area contributed by atoms with Gasteiger partial charge in [-0.25, -0.2) is 4.68 Å². The summed E-state index contributed by atoms with van der Waals surface area (Å²) in [6, 6.07) is 14.6. The fourth-order valence-electron chi connectivity index (χ4n) is 2.36. The van der Waals surface area contributed by atoms with Gasteiger partial charge in [0.05, 0.1) is 0 Å². The molecule has 0 saturated heterocycles. The first kappa shape index (κ1) is 12.7. The summed E-state index contributed by atoms with van der Waals surface area (Å²) in [6.07, 6.45) is 1.35. The van der Waals surface area contributed by atoms with E-state index in [1.807, 2.05) is 12.1 Å². The Labute approximate surface area is 116 Å². The van der Waals surface area contributed by atoms with E-state index in [1.54, 1.807) is 4.68 Å². The van der Waals surface area contributed by atoms with Crippen molar-refractivity contribution in [3.8, 4) is 0 Å². The van der Waals surface area contributed by atoms with E-state index in [2.05, 4.69) is 45.9 Å². The molecule has 0 bridgehead atoms. The molecular formula is C15H16N4O. The van der Waals surface area contributed by atoms with Crippen LogP contribution in [-0.4, -0.2) is 31.9 Å². The molecule has 1 heterocycles. The van der Waals surface area contributed by atoms with Gasteiger partial charge in [0.1, 0.15) is 0 Å².